The normalized spacial score (nSPS) is 27.4. The molecule has 1 amide bonds. The molecule has 2 saturated heterocycles. The minimum Gasteiger partial charge on any atom is -0.375 e. The van der Waals surface area contributed by atoms with Gasteiger partial charge in [-0.1, -0.05) is 6.42 Å². The zero-order valence-corrected chi connectivity index (χ0v) is 13.8. The molecule has 2 heterocycles. The zero-order chi connectivity index (χ0) is 15.2. The third-order valence-electron chi connectivity index (χ3n) is 4.53. The van der Waals surface area contributed by atoms with Crippen molar-refractivity contribution in [1.29, 1.82) is 0 Å². The lowest BCUT2D eigenvalue weighted by molar-refractivity contribution is -0.139. The van der Waals surface area contributed by atoms with Gasteiger partial charge in [0.25, 0.3) is 0 Å². The van der Waals surface area contributed by atoms with Gasteiger partial charge in [-0.3, -0.25) is 9.69 Å². The van der Waals surface area contributed by atoms with Gasteiger partial charge < -0.3 is 15.0 Å². The number of carbonyl (C=O) groups excluding carboxylic acids is 1. The summed E-state index contributed by atoms with van der Waals surface area (Å²) < 4.78 is 5.51. The molecule has 0 saturated carbocycles. The minimum atomic E-state index is 0.162. The molecular weight excluding hydrogens is 266 g/mol. The Balaban J connectivity index is 1.84. The fraction of sp³-hybridized carbons (Fsp3) is 0.938. The van der Waals surface area contributed by atoms with Crippen LogP contribution in [0.2, 0.25) is 0 Å². The standard InChI is InChI=1S/C16H31N3O2/c1-13(2)19(11-15-6-4-5-7-17-15)12-16(20)18-8-9-21-14(3)10-18/h13-15,17H,4-12H2,1-3H3. The summed E-state index contributed by atoms with van der Waals surface area (Å²) in [6.45, 7) is 11.1. The second-order valence-corrected chi connectivity index (χ2v) is 6.69. The van der Waals surface area contributed by atoms with E-state index in [0.717, 1.165) is 26.2 Å². The van der Waals surface area contributed by atoms with Crippen LogP contribution in [0.5, 0.6) is 0 Å². The molecule has 5 nitrogen and oxygen atoms in total. The average molecular weight is 297 g/mol. The SMILES string of the molecule is CC1CN(C(=O)CN(CC2CCCCN2)C(C)C)CCO1. The molecule has 2 atom stereocenters. The maximum absolute atomic E-state index is 12.5. The predicted molar refractivity (Wildman–Crippen MR) is 84.3 cm³/mol. The van der Waals surface area contributed by atoms with E-state index in [9.17, 15) is 4.79 Å². The number of morpholine rings is 1. The monoisotopic (exact) mass is 297 g/mol. The van der Waals surface area contributed by atoms with Crippen LogP contribution in [0.15, 0.2) is 0 Å². The molecule has 0 aromatic carbocycles. The van der Waals surface area contributed by atoms with E-state index in [1.54, 1.807) is 0 Å². The van der Waals surface area contributed by atoms with Gasteiger partial charge in [0.1, 0.15) is 0 Å². The van der Waals surface area contributed by atoms with Gasteiger partial charge in [-0.15, -0.1) is 0 Å². The van der Waals surface area contributed by atoms with Gasteiger partial charge >= 0.3 is 0 Å². The van der Waals surface area contributed by atoms with E-state index in [4.69, 9.17) is 4.74 Å². The van der Waals surface area contributed by atoms with E-state index in [-0.39, 0.29) is 12.0 Å². The van der Waals surface area contributed by atoms with Crippen molar-refractivity contribution in [3.63, 3.8) is 0 Å². The fourth-order valence-corrected chi connectivity index (χ4v) is 3.14. The number of ether oxygens (including phenoxy) is 1. The summed E-state index contributed by atoms with van der Waals surface area (Å²) in [4.78, 5) is 16.8. The highest BCUT2D eigenvalue weighted by molar-refractivity contribution is 5.78. The number of hydrogen-bond acceptors (Lipinski definition) is 4. The van der Waals surface area contributed by atoms with Crippen molar-refractivity contribution >= 4 is 5.91 Å². The highest BCUT2D eigenvalue weighted by Gasteiger charge is 2.25. The van der Waals surface area contributed by atoms with Gasteiger partial charge in [-0.25, -0.2) is 0 Å². The molecule has 0 aromatic heterocycles. The van der Waals surface area contributed by atoms with Crippen molar-refractivity contribution in [2.75, 3.05) is 39.3 Å². The van der Waals surface area contributed by atoms with Crippen molar-refractivity contribution in [3.05, 3.63) is 0 Å². The fourth-order valence-electron chi connectivity index (χ4n) is 3.14. The summed E-state index contributed by atoms with van der Waals surface area (Å²) >= 11 is 0. The molecule has 0 aliphatic carbocycles. The summed E-state index contributed by atoms with van der Waals surface area (Å²) in [6, 6.07) is 0.939. The van der Waals surface area contributed by atoms with E-state index in [1.165, 1.54) is 19.3 Å². The summed E-state index contributed by atoms with van der Waals surface area (Å²) in [6.07, 6.45) is 3.98. The molecule has 2 rings (SSSR count). The minimum absolute atomic E-state index is 0.162. The van der Waals surface area contributed by atoms with Crippen LogP contribution in [0.1, 0.15) is 40.0 Å². The van der Waals surface area contributed by atoms with Crippen molar-refractivity contribution in [3.8, 4) is 0 Å². The van der Waals surface area contributed by atoms with Crippen LogP contribution in [0.3, 0.4) is 0 Å². The molecular formula is C16H31N3O2. The lowest BCUT2D eigenvalue weighted by Gasteiger charge is -2.36. The van der Waals surface area contributed by atoms with Gasteiger partial charge in [0.2, 0.25) is 5.91 Å². The lowest BCUT2D eigenvalue weighted by atomic mass is 10.0. The second-order valence-electron chi connectivity index (χ2n) is 6.69. The molecule has 2 unspecified atom stereocenters. The van der Waals surface area contributed by atoms with Crippen molar-refractivity contribution in [2.24, 2.45) is 0 Å². The smallest absolute Gasteiger partial charge is 0.236 e. The first-order chi connectivity index (χ1) is 10.1. The number of amides is 1. The Bertz CT molecular complexity index is 329. The molecule has 5 heteroatoms. The molecule has 21 heavy (non-hydrogen) atoms. The number of nitrogens with zero attached hydrogens (tertiary/aromatic N) is 2. The molecule has 0 radical (unpaired) electrons. The number of nitrogens with one attached hydrogen (secondary N) is 1. The Labute approximate surface area is 129 Å². The van der Waals surface area contributed by atoms with E-state index >= 15 is 0 Å². The molecule has 2 aliphatic rings. The third kappa shape index (κ3) is 5.24. The largest absolute Gasteiger partial charge is 0.375 e. The first-order valence-corrected chi connectivity index (χ1v) is 8.43. The average Bonchev–Trinajstić information content (AvgIpc) is 2.47. The Morgan fingerprint density at radius 2 is 2.24 bits per heavy atom. The molecule has 0 spiro atoms. The van der Waals surface area contributed by atoms with Crippen LogP contribution in [0.25, 0.3) is 0 Å². The lowest BCUT2D eigenvalue weighted by Crippen LogP contribution is -2.52. The first-order valence-electron chi connectivity index (χ1n) is 8.43. The van der Waals surface area contributed by atoms with Crippen LogP contribution in [0.4, 0.5) is 0 Å². The Kier molecular flexibility index (Phi) is 6.45. The van der Waals surface area contributed by atoms with E-state index < -0.39 is 0 Å². The quantitative estimate of drug-likeness (QED) is 0.825. The molecule has 1 N–H and O–H groups in total. The first kappa shape index (κ1) is 16.7. The second kappa shape index (κ2) is 8.11. The van der Waals surface area contributed by atoms with E-state index in [2.05, 4.69) is 24.1 Å². The summed E-state index contributed by atoms with van der Waals surface area (Å²) in [5.41, 5.74) is 0. The molecule has 0 aromatic rings. The van der Waals surface area contributed by atoms with Crippen molar-refractivity contribution in [2.45, 2.75) is 58.2 Å². The molecule has 0 bridgehead atoms. The van der Waals surface area contributed by atoms with Gasteiger partial charge in [-0.2, -0.15) is 0 Å². The van der Waals surface area contributed by atoms with Gasteiger partial charge in [0, 0.05) is 31.7 Å². The van der Waals surface area contributed by atoms with Gasteiger partial charge in [0.05, 0.1) is 19.3 Å². The summed E-state index contributed by atoms with van der Waals surface area (Å²) in [7, 11) is 0. The van der Waals surface area contributed by atoms with Crippen LogP contribution >= 0.6 is 0 Å². The Hall–Kier alpha value is -0.650. The van der Waals surface area contributed by atoms with Crippen LogP contribution < -0.4 is 5.32 Å². The predicted octanol–water partition coefficient (Wildman–Crippen LogP) is 1.09. The number of rotatable bonds is 5. The highest BCUT2D eigenvalue weighted by Crippen LogP contribution is 2.12. The number of hydrogen-bond donors (Lipinski definition) is 1. The molecule has 2 aliphatic heterocycles. The topological polar surface area (TPSA) is 44.8 Å². The van der Waals surface area contributed by atoms with Gasteiger partial charge in [0.15, 0.2) is 0 Å². The number of carbonyl (C=O) groups is 1. The maximum Gasteiger partial charge on any atom is 0.236 e. The van der Waals surface area contributed by atoms with Crippen molar-refractivity contribution in [1.82, 2.24) is 15.1 Å². The summed E-state index contributed by atoms with van der Waals surface area (Å²) in [5, 5.41) is 3.58. The summed E-state index contributed by atoms with van der Waals surface area (Å²) in [5.74, 6) is 0.245. The molecule has 122 valence electrons. The Morgan fingerprint density at radius 1 is 1.43 bits per heavy atom. The van der Waals surface area contributed by atoms with Crippen molar-refractivity contribution < 1.29 is 9.53 Å². The van der Waals surface area contributed by atoms with Crippen LogP contribution in [-0.2, 0) is 9.53 Å². The maximum atomic E-state index is 12.5. The van der Waals surface area contributed by atoms with E-state index in [1.807, 2.05) is 11.8 Å². The highest BCUT2D eigenvalue weighted by atomic mass is 16.5. The van der Waals surface area contributed by atoms with Crippen LogP contribution in [0, 0.1) is 0 Å². The third-order valence-corrected chi connectivity index (χ3v) is 4.53. The van der Waals surface area contributed by atoms with Gasteiger partial charge in [-0.05, 0) is 40.2 Å². The zero-order valence-electron chi connectivity index (χ0n) is 13.8. The van der Waals surface area contributed by atoms with E-state index in [0.29, 0.717) is 25.2 Å². The number of piperidine rings is 1. The Morgan fingerprint density at radius 3 is 2.86 bits per heavy atom. The molecule has 2 fully saturated rings. The van der Waals surface area contributed by atoms with Crippen LogP contribution in [-0.4, -0.2) is 73.2 Å².